The maximum Gasteiger partial charge on any atom is 0.419 e. The second-order valence-corrected chi connectivity index (χ2v) is 10.2. The van der Waals surface area contributed by atoms with Crippen molar-refractivity contribution < 1.29 is 31.9 Å². The summed E-state index contributed by atoms with van der Waals surface area (Å²) in [5.74, 6) is -1.79. The van der Waals surface area contributed by atoms with Crippen molar-refractivity contribution >= 4 is 17.4 Å². The number of anilines is 2. The number of aliphatic hydroxyl groups is 1. The molecule has 12 heteroatoms. The molecule has 1 amide bonds. The molecule has 2 aromatic carbocycles. The minimum atomic E-state index is -4.86. The Morgan fingerprint density at radius 2 is 1.88 bits per heavy atom. The van der Waals surface area contributed by atoms with E-state index in [0.717, 1.165) is 6.07 Å². The molecular weight excluding hydrogens is 533 g/mol. The number of nitrogens with zero attached hydrogens (tertiary/aromatic N) is 4. The van der Waals surface area contributed by atoms with Crippen LogP contribution in [-0.4, -0.2) is 52.1 Å². The van der Waals surface area contributed by atoms with E-state index >= 15 is 0 Å². The summed E-state index contributed by atoms with van der Waals surface area (Å²) in [6.07, 6.45) is -4.50. The predicted octanol–water partition coefficient (Wildman–Crippen LogP) is 4.74. The monoisotopic (exact) mass is 561 g/mol. The van der Waals surface area contributed by atoms with Crippen molar-refractivity contribution in [2.45, 2.75) is 44.4 Å². The molecule has 212 valence electrons. The van der Waals surface area contributed by atoms with Crippen LogP contribution in [0.25, 0.3) is 0 Å². The number of hydrogen-bond donors (Lipinski definition) is 2. The van der Waals surface area contributed by atoms with Gasteiger partial charge in [0.1, 0.15) is 28.7 Å². The number of amides is 1. The van der Waals surface area contributed by atoms with Gasteiger partial charge in [-0.3, -0.25) is 9.69 Å². The van der Waals surface area contributed by atoms with Crippen LogP contribution in [0.3, 0.4) is 0 Å². The molecule has 0 saturated carbocycles. The van der Waals surface area contributed by atoms with Crippen molar-refractivity contribution in [2.75, 3.05) is 36.5 Å². The number of likely N-dealkylation sites (tertiary alicyclic amines) is 1. The number of benzene rings is 2. The van der Waals surface area contributed by atoms with Gasteiger partial charge in [-0.05, 0) is 45.0 Å². The molecule has 2 N–H and O–H groups in total. The molecule has 1 spiro atoms. The van der Waals surface area contributed by atoms with E-state index in [4.69, 9.17) is 0 Å². The van der Waals surface area contributed by atoms with Gasteiger partial charge in [0.15, 0.2) is 0 Å². The molecule has 7 nitrogen and oxygen atoms in total. The van der Waals surface area contributed by atoms with Gasteiger partial charge >= 0.3 is 6.18 Å². The van der Waals surface area contributed by atoms with E-state index in [0.29, 0.717) is 42.7 Å². The number of alkyl halides is 3. The Kier molecular flexibility index (Phi) is 7.26. The summed E-state index contributed by atoms with van der Waals surface area (Å²) in [7, 11) is 0. The molecule has 2 aliphatic rings. The summed E-state index contributed by atoms with van der Waals surface area (Å²) in [6, 6.07) is 8.03. The zero-order valence-electron chi connectivity index (χ0n) is 21.9. The number of aliphatic hydroxyl groups excluding tert-OH is 1. The Morgan fingerprint density at radius 3 is 2.58 bits per heavy atom. The van der Waals surface area contributed by atoms with Crippen LogP contribution in [0.1, 0.15) is 47.6 Å². The number of aryl methyl sites for hydroxylation is 1. The lowest BCUT2D eigenvalue weighted by Crippen LogP contribution is -2.54. The van der Waals surface area contributed by atoms with Gasteiger partial charge in [0.2, 0.25) is 5.91 Å². The van der Waals surface area contributed by atoms with Gasteiger partial charge in [-0.15, -0.1) is 0 Å². The van der Waals surface area contributed by atoms with Gasteiger partial charge in [0.05, 0.1) is 36.1 Å². The number of halogens is 5. The van der Waals surface area contributed by atoms with E-state index in [1.165, 1.54) is 36.1 Å². The lowest BCUT2D eigenvalue weighted by atomic mass is 9.76. The summed E-state index contributed by atoms with van der Waals surface area (Å²) >= 11 is 0. The fourth-order valence-electron chi connectivity index (χ4n) is 5.69. The molecule has 0 bridgehead atoms. The summed E-state index contributed by atoms with van der Waals surface area (Å²) in [6.45, 7) is 4.00. The summed E-state index contributed by atoms with van der Waals surface area (Å²) in [4.78, 5) is 26.5. The molecule has 1 saturated heterocycles. The highest BCUT2D eigenvalue weighted by Crippen LogP contribution is 2.45. The van der Waals surface area contributed by atoms with Gasteiger partial charge in [-0.2, -0.15) is 13.2 Å². The van der Waals surface area contributed by atoms with Crippen molar-refractivity contribution in [2.24, 2.45) is 0 Å². The molecule has 2 aliphatic heterocycles. The first-order valence-electron chi connectivity index (χ1n) is 12.9. The average Bonchev–Trinajstić information content (AvgIpc) is 3.31. The SMILES string of the molecule is Cc1nc(N[C@H](C)c2cccc(C(F)(F)F)c2F)c2c(n1)C1(CCN(CCO)C1)C(=O)N(c1ccccc1F)C2. The van der Waals surface area contributed by atoms with Crippen LogP contribution in [0.5, 0.6) is 0 Å². The average molecular weight is 562 g/mol. The van der Waals surface area contributed by atoms with Crippen LogP contribution < -0.4 is 10.2 Å². The number of fused-ring (bicyclic) bond motifs is 2. The Labute approximate surface area is 227 Å². The van der Waals surface area contributed by atoms with Gasteiger partial charge in [0.25, 0.3) is 0 Å². The maximum atomic E-state index is 15.0. The van der Waals surface area contributed by atoms with Gasteiger partial charge < -0.3 is 15.3 Å². The third-order valence-electron chi connectivity index (χ3n) is 7.60. The minimum Gasteiger partial charge on any atom is -0.395 e. The van der Waals surface area contributed by atoms with Crippen LogP contribution in [0.4, 0.5) is 33.5 Å². The predicted molar refractivity (Wildman–Crippen MR) is 138 cm³/mol. The minimum absolute atomic E-state index is 0.0710. The highest BCUT2D eigenvalue weighted by Gasteiger charge is 2.54. The number of hydrogen-bond acceptors (Lipinski definition) is 6. The lowest BCUT2D eigenvalue weighted by Gasteiger charge is -2.41. The number of carbonyl (C=O) groups is 1. The molecule has 1 aromatic heterocycles. The number of rotatable bonds is 6. The van der Waals surface area contributed by atoms with Crippen molar-refractivity contribution in [3.63, 3.8) is 0 Å². The lowest BCUT2D eigenvalue weighted by molar-refractivity contribution is -0.140. The molecule has 40 heavy (non-hydrogen) atoms. The van der Waals surface area contributed by atoms with Crippen LogP contribution in [0.15, 0.2) is 42.5 Å². The molecule has 3 heterocycles. The molecule has 0 aliphatic carbocycles. The second kappa shape index (κ2) is 10.4. The summed E-state index contributed by atoms with van der Waals surface area (Å²) in [5.41, 5.74) is -1.76. The van der Waals surface area contributed by atoms with E-state index in [1.54, 1.807) is 13.0 Å². The quantitative estimate of drug-likeness (QED) is 0.424. The van der Waals surface area contributed by atoms with Crippen LogP contribution in [-0.2, 0) is 22.9 Å². The first-order valence-corrected chi connectivity index (χ1v) is 12.9. The molecule has 3 aromatic rings. The highest BCUT2D eigenvalue weighted by molar-refractivity contribution is 6.03. The van der Waals surface area contributed by atoms with E-state index in [1.807, 2.05) is 4.90 Å². The molecule has 1 fully saturated rings. The topological polar surface area (TPSA) is 81.6 Å². The first kappa shape index (κ1) is 27.9. The Balaban J connectivity index is 1.62. The van der Waals surface area contributed by atoms with E-state index in [-0.39, 0.29) is 42.7 Å². The number of nitrogens with one attached hydrogen (secondary N) is 1. The van der Waals surface area contributed by atoms with Crippen molar-refractivity contribution in [3.05, 3.63) is 82.3 Å². The summed E-state index contributed by atoms with van der Waals surface area (Å²) in [5, 5.41) is 12.6. The molecule has 1 unspecified atom stereocenters. The van der Waals surface area contributed by atoms with E-state index in [9.17, 15) is 31.9 Å². The van der Waals surface area contributed by atoms with Crippen molar-refractivity contribution in [1.82, 2.24) is 14.9 Å². The summed E-state index contributed by atoms with van der Waals surface area (Å²) < 4.78 is 70.0. The Bertz CT molecular complexity index is 1450. The third-order valence-corrected chi connectivity index (χ3v) is 7.60. The fourth-order valence-corrected chi connectivity index (χ4v) is 5.69. The van der Waals surface area contributed by atoms with Crippen LogP contribution in [0.2, 0.25) is 0 Å². The highest BCUT2D eigenvalue weighted by atomic mass is 19.4. The second-order valence-electron chi connectivity index (χ2n) is 10.2. The Morgan fingerprint density at radius 1 is 1.12 bits per heavy atom. The van der Waals surface area contributed by atoms with Gasteiger partial charge in [0, 0.05) is 24.2 Å². The fraction of sp³-hybridized carbons (Fsp3) is 0.393. The zero-order valence-corrected chi connectivity index (χ0v) is 21.9. The zero-order chi connectivity index (χ0) is 28.8. The third kappa shape index (κ3) is 4.79. The first-order chi connectivity index (χ1) is 19.0. The number of aromatic nitrogens is 2. The number of β-amino-alcohol motifs (C(OH)–C–C–N with tert-alkyl or cyclic N) is 1. The number of para-hydroxylation sites is 1. The Hall–Kier alpha value is -3.64. The van der Waals surface area contributed by atoms with Crippen LogP contribution >= 0.6 is 0 Å². The molecule has 5 rings (SSSR count). The van der Waals surface area contributed by atoms with E-state index < -0.39 is 34.8 Å². The van der Waals surface area contributed by atoms with E-state index in [2.05, 4.69) is 15.3 Å². The van der Waals surface area contributed by atoms with Crippen LogP contribution in [0, 0.1) is 18.6 Å². The maximum absolute atomic E-state index is 15.0. The molecular formula is C28H28F5N5O2. The normalized spacial score (nSPS) is 20.2. The standard InChI is InChI=1S/C28H28F5N5O2/c1-16(18-6-5-7-20(23(18)30)28(31,32)33)34-25-19-14-38(22-9-4-3-8-21(22)29)26(40)27(24(19)35-17(2)36-25)10-11-37(15-27)12-13-39/h3-9,16,39H,10-15H2,1-2H3,(H,34,35,36)/t16-,27?/m1/s1. The van der Waals surface area contributed by atoms with Gasteiger partial charge in [-0.1, -0.05) is 24.3 Å². The molecule has 0 radical (unpaired) electrons. The largest absolute Gasteiger partial charge is 0.419 e. The smallest absolute Gasteiger partial charge is 0.395 e. The van der Waals surface area contributed by atoms with Crippen molar-refractivity contribution in [3.8, 4) is 0 Å². The van der Waals surface area contributed by atoms with Gasteiger partial charge in [-0.25, -0.2) is 18.7 Å². The molecule has 2 atom stereocenters. The number of carbonyl (C=O) groups excluding carboxylic acids is 1. The van der Waals surface area contributed by atoms with Crippen molar-refractivity contribution in [1.29, 1.82) is 0 Å².